The van der Waals surface area contributed by atoms with Gasteiger partial charge in [0.1, 0.15) is 6.61 Å². The Morgan fingerprint density at radius 1 is 1.19 bits per heavy atom. The molecule has 0 saturated heterocycles. The second kappa shape index (κ2) is 8.24. The third-order valence-corrected chi connectivity index (χ3v) is 5.10. The Labute approximate surface area is 157 Å². The van der Waals surface area contributed by atoms with Crippen LogP contribution in [-0.4, -0.2) is 49.1 Å². The average molecular weight is 377 g/mol. The van der Waals surface area contributed by atoms with Gasteiger partial charge in [0.15, 0.2) is 11.5 Å². The van der Waals surface area contributed by atoms with Gasteiger partial charge in [-0.1, -0.05) is 12.8 Å². The number of carbonyl (C=O) groups excluding carboxylic acids is 1. The molecule has 0 radical (unpaired) electrons. The number of carbonyl (C=O) groups is 1. The van der Waals surface area contributed by atoms with E-state index in [0.717, 1.165) is 37.0 Å². The summed E-state index contributed by atoms with van der Waals surface area (Å²) in [7, 11) is 3.14. The van der Waals surface area contributed by atoms with Crippen molar-refractivity contribution in [3.63, 3.8) is 0 Å². The van der Waals surface area contributed by atoms with Gasteiger partial charge < -0.3 is 14.3 Å². The fourth-order valence-electron chi connectivity index (χ4n) is 3.83. The normalized spacial score (nSPS) is 21.9. The Balaban J connectivity index is 1.94. The summed E-state index contributed by atoms with van der Waals surface area (Å²) in [4.78, 5) is 27.5. The number of hydrogen-bond donors (Lipinski definition) is 0. The van der Waals surface area contributed by atoms with Gasteiger partial charge in [0, 0.05) is 17.4 Å². The van der Waals surface area contributed by atoms with E-state index in [2.05, 4.69) is 9.94 Å². The van der Waals surface area contributed by atoms with E-state index in [1.165, 1.54) is 5.01 Å². The molecule has 1 aromatic carbocycles. The van der Waals surface area contributed by atoms with Gasteiger partial charge in [-0.3, -0.25) is 4.79 Å². The summed E-state index contributed by atoms with van der Waals surface area (Å²) in [5, 5.41) is 15.4. The van der Waals surface area contributed by atoms with E-state index in [1.54, 1.807) is 14.2 Å². The van der Waals surface area contributed by atoms with Crippen LogP contribution in [0.1, 0.15) is 31.2 Å². The van der Waals surface area contributed by atoms with E-state index in [0.29, 0.717) is 11.5 Å². The second-order valence-electron chi connectivity index (χ2n) is 6.57. The molecule has 1 heterocycles. The molecule has 2 atom stereocenters. The lowest BCUT2D eigenvalue weighted by molar-refractivity contribution is -0.757. The van der Waals surface area contributed by atoms with Gasteiger partial charge in [0.25, 0.3) is 5.09 Å². The Morgan fingerprint density at radius 3 is 2.56 bits per heavy atom. The fraction of sp³-hybridized carbons (Fsp3) is 0.556. The highest BCUT2D eigenvalue weighted by Crippen LogP contribution is 2.38. The topological polar surface area (TPSA) is 104 Å². The maximum atomic E-state index is 12.8. The SMILES string of the molecule is COc1ccc(C2=NN(CCO[N+](=O)[O-])C(=O)C3CCCCC23)cc1OC. The molecule has 0 N–H and O–H groups in total. The van der Waals surface area contributed by atoms with Crippen molar-refractivity contribution in [2.45, 2.75) is 25.7 Å². The number of amides is 1. The smallest absolute Gasteiger partial charge is 0.294 e. The molecule has 1 aliphatic carbocycles. The first kappa shape index (κ1) is 18.9. The lowest BCUT2D eigenvalue weighted by Gasteiger charge is -2.38. The number of methoxy groups -OCH3 is 2. The highest BCUT2D eigenvalue weighted by Gasteiger charge is 2.41. The minimum Gasteiger partial charge on any atom is -0.493 e. The monoisotopic (exact) mass is 377 g/mol. The molecule has 1 amide bonds. The van der Waals surface area contributed by atoms with E-state index < -0.39 is 5.09 Å². The molecule has 1 aliphatic heterocycles. The maximum absolute atomic E-state index is 12.8. The lowest BCUT2D eigenvalue weighted by atomic mass is 9.73. The van der Waals surface area contributed by atoms with Crippen LogP contribution in [0.4, 0.5) is 0 Å². The van der Waals surface area contributed by atoms with E-state index >= 15 is 0 Å². The van der Waals surface area contributed by atoms with Crippen LogP contribution in [0.5, 0.6) is 11.5 Å². The Morgan fingerprint density at radius 2 is 1.89 bits per heavy atom. The molecular formula is C18H23N3O6. The summed E-state index contributed by atoms with van der Waals surface area (Å²) < 4.78 is 10.7. The summed E-state index contributed by atoms with van der Waals surface area (Å²) in [5.41, 5.74) is 1.67. The molecular weight excluding hydrogens is 354 g/mol. The molecule has 9 heteroatoms. The quantitative estimate of drug-likeness (QED) is 0.533. The van der Waals surface area contributed by atoms with Crippen molar-refractivity contribution in [3.05, 3.63) is 33.9 Å². The zero-order valence-corrected chi connectivity index (χ0v) is 15.4. The molecule has 1 aromatic rings. The van der Waals surface area contributed by atoms with Crippen LogP contribution in [0.2, 0.25) is 0 Å². The molecule has 9 nitrogen and oxygen atoms in total. The molecule has 0 aromatic heterocycles. The van der Waals surface area contributed by atoms with Gasteiger partial charge in [-0.25, -0.2) is 5.01 Å². The number of hydrazone groups is 1. The predicted octanol–water partition coefficient (Wildman–Crippen LogP) is 2.26. The second-order valence-corrected chi connectivity index (χ2v) is 6.57. The van der Waals surface area contributed by atoms with Crippen LogP contribution in [0.25, 0.3) is 0 Å². The summed E-state index contributed by atoms with van der Waals surface area (Å²) in [6.07, 6.45) is 3.72. The maximum Gasteiger partial charge on any atom is 0.294 e. The number of fused-ring (bicyclic) bond motifs is 1. The van der Waals surface area contributed by atoms with Crippen molar-refractivity contribution in [1.29, 1.82) is 0 Å². The van der Waals surface area contributed by atoms with Crippen LogP contribution >= 0.6 is 0 Å². The average Bonchev–Trinajstić information content (AvgIpc) is 2.69. The summed E-state index contributed by atoms with van der Waals surface area (Å²) >= 11 is 0. The molecule has 1 saturated carbocycles. The van der Waals surface area contributed by atoms with Gasteiger partial charge >= 0.3 is 0 Å². The molecule has 146 valence electrons. The zero-order valence-electron chi connectivity index (χ0n) is 15.4. The Kier molecular flexibility index (Phi) is 5.78. The standard InChI is InChI=1S/C18H23N3O6/c1-25-15-8-7-12(11-16(15)26-2)17-13-5-3-4-6-14(13)18(22)20(19-17)9-10-27-21(23)24/h7-8,11,13-14H,3-6,9-10H2,1-2H3. The summed E-state index contributed by atoms with van der Waals surface area (Å²) in [6.45, 7) is -0.168. The van der Waals surface area contributed by atoms with Crippen molar-refractivity contribution in [3.8, 4) is 11.5 Å². The van der Waals surface area contributed by atoms with E-state index in [4.69, 9.17) is 9.47 Å². The third-order valence-electron chi connectivity index (χ3n) is 5.10. The predicted molar refractivity (Wildman–Crippen MR) is 96.2 cm³/mol. The van der Waals surface area contributed by atoms with Crippen LogP contribution < -0.4 is 9.47 Å². The summed E-state index contributed by atoms with van der Waals surface area (Å²) in [6, 6.07) is 5.56. The molecule has 3 rings (SSSR count). The first-order valence-electron chi connectivity index (χ1n) is 8.94. The molecule has 0 bridgehead atoms. The Bertz CT molecular complexity index is 751. The van der Waals surface area contributed by atoms with Crippen molar-refractivity contribution >= 4 is 11.6 Å². The number of benzene rings is 1. The Hall–Kier alpha value is -2.84. The van der Waals surface area contributed by atoms with Gasteiger partial charge in [0.05, 0.1) is 26.5 Å². The number of hydrogen-bond acceptors (Lipinski definition) is 7. The van der Waals surface area contributed by atoms with Gasteiger partial charge in [-0.15, -0.1) is 10.1 Å². The number of ether oxygens (including phenoxy) is 2. The van der Waals surface area contributed by atoms with Crippen LogP contribution in [0.3, 0.4) is 0 Å². The minimum atomic E-state index is -0.864. The largest absolute Gasteiger partial charge is 0.493 e. The number of rotatable bonds is 7. The van der Waals surface area contributed by atoms with Crippen LogP contribution in [0, 0.1) is 22.0 Å². The molecule has 1 fully saturated rings. The van der Waals surface area contributed by atoms with E-state index in [9.17, 15) is 14.9 Å². The van der Waals surface area contributed by atoms with Gasteiger partial charge in [-0.2, -0.15) is 5.10 Å². The van der Waals surface area contributed by atoms with Crippen molar-refractivity contribution in [2.24, 2.45) is 16.9 Å². The molecule has 2 unspecified atom stereocenters. The van der Waals surface area contributed by atoms with Crippen molar-refractivity contribution < 1.29 is 24.2 Å². The van der Waals surface area contributed by atoms with Crippen LogP contribution in [0.15, 0.2) is 23.3 Å². The van der Waals surface area contributed by atoms with Gasteiger partial charge in [-0.05, 0) is 31.0 Å². The van der Waals surface area contributed by atoms with E-state index in [1.807, 2.05) is 18.2 Å². The van der Waals surface area contributed by atoms with Crippen molar-refractivity contribution in [2.75, 3.05) is 27.4 Å². The number of nitrogens with zero attached hydrogens (tertiary/aromatic N) is 3. The van der Waals surface area contributed by atoms with Crippen LogP contribution in [-0.2, 0) is 9.63 Å². The highest BCUT2D eigenvalue weighted by molar-refractivity contribution is 6.07. The molecule has 0 spiro atoms. The first-order chi connectivity index (χ1) is 13.0. The van der Waals surface area contributed by atoms with Gasteiger partial charge in [0.2, 0.25) is 5.91 Å². The minimum absolute atomic E-state index is 0.0389. The molecule has 27 heavy (non-hydrogen) atoms. The third kappa shape index (κ3) is 3.96. The fourth-order valence-corrected chi connectivity index (χ4v) is 3.83. The first-order valence-corrected chi connectivity index (χ1v) is 8.94. The zero-order chi connectivity index (χ0) is 19.4. The highest BCUT2D eigenvalue weighted by atomic mass is 16.9. The lowest BCUT2D eigenvalue weighted by Crippen LogP contribution is -2.47. The van der Waals surface area contributed by atoms with E-state index in [-0.39, 0.29) is 30.9 Å². The molecule has 2 aliphatic rings. The van der Waals surface area contributed by atoms with Crippen molar-refractivity contribution in [1.82, 2.24) is 5.01 Å². The summed E-state index contributed by atoms with van der Waals surface area (Å²) in [5.74, 6) is 0.998.